The smallest absolute Gasteiger partial charge is 0.182 e. The second kappa shape index (κ2) is 9.00. The number of alkyl halides is 1. The monoisotopic (exact) mass is 473 g/mol. The summed E-state index contributed by atoms with van der Waals surface area (Å²) in [4.78, 5) is 27.5. The summed E-state index contributed by atoms with van der Waals surface area (Å²) in [6.45, 7) is 10.4. The summed E-state index contributed by atoms with van der Waals surface area (Å²) in [5.74, 6) is 1.36. The summed E-state index contributed by atoms with van der Waals surface area (Å²) in [5, 5.41) is 0. The molecule has 30 heavy (non-hydrogen) atoms. The number of morpholine rings is 1. The number of nitrogens with zero attached hydrogens (tertiary/aromatic N) is 1. The fraction of sp³-hybridized carbons (Fsp3) is 0.417. The van der Waals surface area contributed by atoms with E-state index in [1.807, 2.05) is 27.7 Å². The average molecular weight is 474 g/mol. The number of ketones is 2. The van der Waals surface area contributed by atoms with Gasteiger partial charge in [-0.2, -0.15) is 0 Å². The average Bonchev–Trinajstić information content (AvgIpc) is 2.74. The van der Waals surface area contributed by atoms with Crippen molar-refractivity contribution in [2.24, 2.45) is 0 Å². The molecule has 0 bridgehead atoms. The van der Waals surface area contributed by atoms with Gasteiger partial charge >= 0.3 is 0 Å². The Morgan fingerprint density at radius 1 is 0.833 bits per heavy atom. The van der Waals surface area contributed by atoms with E-state index in [9.17, 15) is 9.59 Å². The maximum atomic E-state index is 13.1. The molecule has 1 aliphatic rings. The van der Waals surface area contributed by atoms with Gasteiger partial charge in [0.2, 0.25) is 0 Å². The van der Waals surface area contributed by atoms with Crippen LogP contribution in [-0.2, 0) is 4.74 Å². The molecule has 5 nitrogen and oxygen atoms in total. The Labute approximate surface area is 186 Å². The first-order chi connectivity index (χ1) is 14.1. The van der Waals surface area contributed by atoms with Crippen LogP contribution >= 0.6 is 15.9 Å². The molecular weight excluding hydrogens is 446 g/mol. The molecule has 0 atom stereocenters. The van der Waals surface area contributed by atoms with Crippen LogP contribution in [-0.4, -0.2) is 52.6 Å². The molecule has 0 spiro atoms. The fourth-order valence-electron chi connectivity index (χ4n) is 3.45. The van der Waals surface area contributed by atoms with Gasteiger partial charge in [-0.1, -0.05) is 15.9 Å². The van der Waals surface area contributed by atoms with E-state index < -0.39 is 9.86 Å². The van der Waals surface area contributed by atoms with Gasteiger partial charge in [0.1, 0.15) is 11.5 Å². The lowest BCUT2D eigenvalue weighted by molar-refractivity contribution is -0.00430. The summed E-state index contributed by atoms with van der Waals surface area (Å²) >= 11 is 3.39. The van der Waals surface area contributed by atoms with Crippen molar-refractivity contribution in [2.45, 2.75) is 37.6 Å². The zero-order chi connectivity index (χ0) is 21.9. The molecule has 1 fully saturated rings. The molecule has 1 aliphatic heterocycles. The van der Waals surface area contributed by atoms with Crippen molar-refractivity contribution in [1.82, 2.24) is 4.90 Å². The van der Waals surface area contributed by atoms with Crippen LogP contribution in [0.5, 0.6) is 11.5 Å². The fourth-order valence-corrected chi connectivity index (χ4v) is 3.68. The van der Waals surface area contributed by atoms with Crippen molar-refractivity contribution >= 4 is 27.5 Å². The molecule has 0 unspecified atom stereocenters. The van der Waals surface area contributed by atoms with Crippen molar-refractivity contribution in [2.75, 3.05) is 26.3 Å². The van der Waals surface area contributed by atoms with E-state index in [4.69, 9.17) is 9.47 Å². The zero-order valence-corrected chi connectivity index (χ0v) is 19.5. The minimum Gasteiger partial charge on any atom is -0.457 e. The summed E-state index contributed by atoms with van der Waals surface area (Å²) in [6, 6.07) is 14.2. The van der Waals surface area contributed by atoms with Crippen LogP contribution < -0.4 is 4.74 Å². The molecule has 160 valence electrons. The number of carbonyl (C=O) groups is 2. The number of hydrogen-bond donors (Lipinski definition) is 0. The van der Waals surface area contributed by atoms with Gasteiger partial charge in [-0.25, -0.2) is 0 Å². The molecule has 1 heterocycles. The van der Waals surface area contributed by atoms with E-state index in [1.54, 1.807) is 48.5 Å². The number of Topliss-reactive ketones (excluding diaryl/α,β-unsaturated/α-hetero) is 2. The number of halogens is 1. The van der Waals surface area contributed by atoms with Gasteiger partial charge in [0, 0.05) is 24.2 Å². The lowest BCUT2D eigenvalue weighted by atomic mass is 9.91. The van der Waals surface area contributed by atoms with Crippen molar-refractivity contribution in [3.63, 3.8) is 0 Å². The van der Waals surface area contributed by atoms with E-state index in [0.29, 0.717) is 35.8 Å². The van der Waals surface area contributed by atoms with E-state index in [2.05, 4.69) is 20.8 Å². The quantitative estimate of drug-likeness (QED) is 0.412. The zero-order valence-electron chi connectivity index (χ0n) is 17.9. The number of ether oxygens (including phenoxy) is 2. The molecule has 3 rings (SSSR count). The number of carbonyl (C=O) groups excluding carboxylic acids is 2. The topological polar surface area (TPSA) is 55.8 Å². The molecule has 0 amide bonds. The highest BCUT2D eigenvalue weighted by Crippen LogP contribution is 2.27. The summed E-state index contributed by atoms with van der Waals surface area (Å²) in [6.07, 6.45) is 0. The Bertz CT molecular complexity index is 892. The van der Waals surface area contributed by atoms with E-state index in [-0.39, 0.29) is 11.6 Å². The van der Waals surface area contributed by atoms with E-state index in [0.717, 1.165) is 13.1 Å². The van der Waals surface area contributed by atoms with E-state index in [1.165, 1.54) is 0 Å². The van der Waals surface area contributed by atoms with Gasteiger partial charge in [0.25, 0.3) is 0 Å². The van der Waals surface area contributed by atoms with Gasteiger partial charge in [-0.15, -0.1) is 0 Å². The number of rotatable bonds is 7. The van der Waals surface area contributed by atoms with Crippen LogP contribution in [0.3, 0.4) is 0 Å². The first-order valence-electron chi connectivity index (χ1n) is 10.1. The van der Waals surface area contributed by atoms with E-state index >= 15 is 0 Å². The Hall–Kier alpha value is -2.02. The van der Waals surface area contributed by atoms with Crippen molar-refractivity contribution in [3.8, 4) is 11.5 Å². The number of benzene rings is 2. The third-order valence-corrected chi connectivity index (χ3v) is 5.73. The standard InChI is InChI=1S/C24H28BrNO4/c1-23(2,25)21(27)17-5-9-19(10-6-17)30-20-11-7-18(8-12-20)22(28)24(3,4)26-13-15-29-16-14-26/h5-12H,13-16H2,1-4H3. The highest BCUT2D eigenvalue weighted by molar-refractivity contribution is 9.10. The molecule has 0 aliphatic carbocycles. The van der Waals surface area contributed by atoms with Crippen LogP contribution in [0.4, 0.5) is 0 Å². The summed E-state index contributed by atoms with van der Waals surface area (Å²) in [5.41, 5.74) is 0.687. The minimum absolute atomic E-state index is 0.0137. The second-order valence-corrected chi connectivity index (χ2v) is 10.4. The molecule has 2 aromatic rings. The Kier molecular flexibility index (Phi) is 6.80. The van der Waals surface area contributed by atoms with Crippen molar-refractivity contribution in [3.05, 3.63) is 59.7 Å². The van der Waals surface area contributed by atoms with Crippen LogP contribution in [0.25, 0.3) is 0 Å². The normalized spacial score (nSPS) is 15.6. The van der Waals surface area contributed by atoms with Crippen molar-refractivity contribution in [1.29, 1.82) is 0 Å². The molecule has 0 aromatic heterocycles. The van der Waals surface area contributed by atoms with Gasteiger partial charge in [0.15, 0.2) is 11.6 Å². The maximum Gasteiger partial charge on any atom is 0.182 e. The van der Waals surface area contributed by atoms with Gasteiger partial charge in [-0.05, 0) is 76.2 Å². The highest BCUT2D eigenvalue weighted by Gasteiger charge is 2.35. The van der Waals surface area contributed by atoms with Gasteiger partial charge < -0.3 is 9.47 Å². The van der Waals surface area contributed by atoms with Crippen LogP contribution in [0.1, 0.15) is 48.4 Å². The van der Waals surface area contributed by atoms with Crippen molar-refractivity contribution < 1.29 is 19.1 Å². The van der Waals surface area contributed by atoms with Crippen LogP contribution in [0.2, 0.25) is 0 Å². The third kappa shape index (κ3) is 5.17. The molecule has 2 aromatic carbocycles. The summed E-state index contributed by atoms with van der Waals surface area (Å²) < 4.78 is 10.7. The first kappa shape index (κ1) is 22.7. The Morgan fingerprint density at radius 2 is 1.27 bits per heavy atom. The second-order valence-electron chi connectivity index (χ2n) is 8.44. The molecule has 0 saturated carbocycles. The summed E-state index contributed by atoms with van der Waals surface area (Å²) in [7, 11) is 0. The Morgan fingerprint density at radius 3 is 1.70 bits per heavy atom. The SMILES string of the molecule is CC(C)(Br)C(=O)c1ccc(Oc2ccc(C(=O)C(C)(C)N3CCOCC3)cc2)cc1. The van der Waals surface area contributed by atoms with Gasteiger partial charge in [0.05, 0.1) is 23.1 Å². The highest BCUT2D eigenvalue weighted by atomic mass is 79.9. The lowest BCUT2D eigenvalue weighted by Gasteiger charge is -2.39. The molecule has 0 N–H and O–H groups in total. The molecule has 1 saturated heterocycles. The lowest BCUT2D eigenvalue weighted by Crippen LogP contribution is -2.54. The first-order valence-corrected chi connectivity index (χ1v) is 10.9. The molecule has 6 heteroatoms. The molecular formula is C24H28BrNO4. The minimum atomic E-state index is -0.604. The predicted molar refractivity (Wildman–Crippen MR) is 121 cm³/mol. The maximum absolute atomic E-state index is 13.1. The van der Waals surface area contributed by atoms with Crippen LogP contribution in [0, 0.1) is 0 Å². The predicted octanol–water partition coefficient (Wildman–Crippen LogP) is 5.13. The number of hydrogen-bond acceptors (Lipinski definition) is 5. The van der Waals surface area contributed by atoms with Gasteiger partial charge in [-0.3, -0.25) is 14.5 Å². The van der Waals surface area contributed by atoms with Crippen LogP contribution in [0.15, 0.2) is 48.5 Å². The Balaban J connectivity index is 1.67. The molecule has 0 radical (unpaired) electrons. The largest absolute Gasteiger partial charge is 0.457 e. The third-order valence-electron chi connectivity index (χ3n) is 5.37.